The number of nitrogens with zero attached hydrogens (tertiary/aromatic N) is 2. The summed E-state index contributed by atoms with van der Waals surface area (Å²) >= 11 is 0. The normalized spacial score (nSPS) is 11.4. The highest BCUT2D eigenvalue weighted by atomic mass is 16.1. The molecule has 0 spiro atoms. The highest BCUT2D eigenvalue weighted by molar-refractivity contribution is 6.28. The van der Waals surface area contributed by atoms with Crippen LogP contribution < -0.4 is 5.32 Å². The number of benzene rings is 4. The van der Waals surface area contributed by atoms with Crippen molar-refractivity contribution in [3.05, 3.63) is 103 Å². The topological polar surface area (TPSA) is 54.9 Å². The van der Waals surface area contributed by atoms with Crippen molar-refractivity contribution in [2.24, 2.45) is 0 Å². The minimum Gasteiger partial charge on any atom is -0.321 e. The van der Waals surface area contributed by atoms with Gasteiger partial charge in [0.15, 0.2) is 0 Å². The second-order valence-corrected chi connectivity index (χ2v) is 7.57. The third-order valence-electron chi connectivity index (χ3n) is 5.85. The first-order valence-corrected chi connectivity index (χ1v) is 10.1. The molecule has 0 aliphatic rings. The smallest absolute Gasteiger partial charge is 0.255 e. The molecule has 4 nitrogen and oxygen atoms in total. The SMILES string of the molecule is O=C(Nc1ccc2ccc3c(-c4ccncc4)ccc4ccc1c2c43)c1ccncc1. The number of anilines is 1. The van der Waals surface area contributed by atoms with Crippen molar-refractivity contribution in [1.29, 1.82) is 0 Å². The van der Waals surface area contributed by atoms with Crippen LogP contribution in [-0.2, 0) is 0 Å². The molecule has 2 aromatic heterocycles. The van der Waals surface area contributed by atoms with Crippen LogP contribution in [-0.4, -0.2) is 15.9 Å². The minimum absolute atomic E-state index is 0.144. The molecule has 0 fully saturated rings. The van der Waals surface area contributed by atoms with E-state index in [-0.39, 0.29) is 5.91 Å². The highest BCUT2D eigenvalue weighted by Gasteiger charge is 2.15. The summed E-state index contributed by atoms with van der Waals surface area (Å²) in [6.07, 6.45) is 6.89. The van der Waals surface area contributed by atoms with Crippen LogP contribution in [0.25, 0.3) is 43.4 Å². The average Bonchev–Trinajstić information content (AvgIpc) is 2.84. The lowest BCUT2D eigenvalue weighted by molar-refractivity contribution is 0.102. The van der Waals surface area contributed by atoms with E-state index in [1.54, 1.807) is 24.5 Å². The van der Waals surface area contributed by atoms with Crippen LogP contribution in [0.15, 0.2) is 97.6 Å². The van der Waals surface area contributed by atoms with E-state index in [0.717, 1.165) is 22.0 Å². The van der Waals surface area contributed by atoms with E-state index in [1.165, 1.54) is 27.1 Å². The number of amides is 1. The standard InChI is InChI=1S/C27H17N3O/c31-27(20-11-15-29-16-12-20)30-24-8-4-19-2-6-22-21(17-9-13-28-14-10-17)5-1-18-3-7-23(24)26(19)25(18)22/h1-16H,(H,30,31). The zero-order valence-corrected chi connectivity index (χ0v) is 16.5. The Kier molecular flexibility index (Phi) is 3.90. The van der Waals surface area contributed by atoms with Gasteiger partial charge in [-0.25, -0.2) is 0 Å². The quantitative estimate of drug-likeness (QED) is 0.356. The van der Waals surface area contributed by atoms with Gasteiger partial charge in [-0.2, -0.15) is 0 Å². The molecule has 6 rings (SSSR count). The summed E-state index contributed by atoms with van der Waals surface area (Å²) in [5, 5.41) is 10.0. The monoisotopic (exact) mass is 399 g/mol. The van der Waals surface area contributed by atoms with E-state index in [4.69, 9.17) is 0 Å². The fourth-order valence-electron chi connectivity index (χ4n) is 4.39. The lowest BCUT2D eigenvalue weighted by Gasteiger charge is -2.16. The molecule has 0 saturated carbocycles. The van der Waals surface area contributed by atoms with Crippen LogP contribution in [0.1, 0.15) is 10.4 Å². The van der Waals surface area contributed by atoms with Gasteiger partial charge in [0.05, 0.1) is 0 Å². The van der Waals surface area contributed by atoms with Crippen LogP contribution in [0.2, 0.25) is 0 Å². The van der Waals surface area contributed by atoms with Gasteiger partial charge in [-0.05, 0) is 68.4 Å². The largest absolute Gasteiger partial charge is 0.321 e. The summed E-state index contributed by atoms with van der Waals surface area (Å²) < 4.78 is 0. The number of hydrogen-bond donors (Lipinski definition) is 1. The van der Waals surface area contributed by atoms with Gasteiger partial charge >= 0.3 is 0 Å². The number of nitrogens with one attached hydrogen (secondary N) is 1. The van der Waals surface area contributed by atoms with E-state index in [2.05, 4.69) is 57.7 Å². The van der Waals surface area contributed by atoms with Crippen LogP contribution >= 0.6 is 0 Å². The third-order valence-corrected chi connectivity index (χ3v) is 5.85. The first kappa shape index (κ1) is 17.5. The zero-order valence-electron chi connectivity index (χ0n) is 16.5. The molecule has 6 aromatic rings. The Morgan fingerprint density at radius 2 is 1.19 bits per heavy atom. The van der Waals surface area contributed by atoms with Crippen molar-refractivity contribution in [3.8, 4) is 11.1 Å². The Morgan fingerprint density at radius 1 is 0.613 bits per heavy atom. The van der Waals surface area contributed by atoms with Gasteiger partial charge < -0.3 is 5.32 Å². The Hall–Kier alpha value is -4.31. The average molecular weight is 399 g/mol. The van der Waals surface area contributed by atoms with Gasteiger partial charge in [0.1, 0.15) is 0 Å². The molecule has 4 aromatic carbocycles. The number of aromatic nitrogens is 2. The molecule has 1 N–H and O–H groups in total. The van der Waals surface area contributed by atoms with Gasteiger partial charge in [0, 0.05) is 41.4 Å². The third kappa shape index (κ3) is 2.81. The number of carbonyl (C=O) groups excluding carboxylic acids is 1. The Balaban J connectivity index is 1.58. The molecule has 0 bridgehead atoms. The summed E-state index contributed by atoms with van der Waals surface area (Å²) in [6.45, 7) is 0. The van der Waals surface area contributed by atoms with Crippen molar-refractivity contribution in [1.82, 2.24) is 9.97 Å². The molecule has 146 valence electrons. The molecule has 0 atom stereocenters. The molecule has 31 heavy (non-hydrogen) atoms. The molecule has 0 aliphatic carbocycles. The second kappa shape index (κ2) is 6.89. The summed E-state index contributed by atoms with van der Waals surface area (Å²) in [7, 11) is 0. The molecule has 0 saturated heterocycles. The molecule has 0 unspecified atom stereocenters. The van der Waals surface area contributed by atoms with Crippen LogP contribution in [0.5, 0.6) is 0 Å². The van der Waals surface area contributed by atoms with Crippen molar-refractivity contribution < 1.29 is 4.79 Å². The molecule has 1 amide bonds. The Labute approximate surface area is 178 Å². The molecular formula is C27H17N3O. The number of rotatable bonds is 3. The maximum Gasteiger partial charge on any atom is 0.255 e. The van der Waals surface area contributed by atoms with E-state index in [1.807, 2.05) is 30.6 Å². The zero-order chi connectivity index (χ0) is 20.8. The Bertz CT molecular complexity index is 1560. The number of carbonyl (C=O) groups is 1. The van der Waals surface area contributed by atoms with Crippen molar-refractivity contribution >= 4 is 43.9 Å². The summed E-state index contributed by atoms with van der Waals surface area (Å²) in [6, 6.07) is 24.5. The summed E-state index contributed by atoms with van der Waals surface area (Å²) in [4.78, 5) is 20.9. The predicted molar refractivity (Wildman–Crippen MR) is 126 cm³/mol. The fourth-order valence-corrected chi connectivity index (χ4v) is 4.39. The molecular weight excluding hydrogens is 382 g/mol. The fraction of sp³-hybridized carbons (Fsp3) is 0. The lowest BCUT2D eigenvalue weighted by Crippen LogP contribution is -2.12. The van der Waals surface area contributed by atoms with Gasteiger partial charge in [-0.15, -0.1) is 0 Å². The second-order valence-electron chi connectivity index (χ2n) is 7.57. The van der Waals surface area contributed by atoms with Crippen LogP contribution in [0.3, 0.4) is 0 Å². The van der Waals surface area contributed by atoms with Gasteiger partial charge in [-0.3, -0.25) is 14.8 Å². The minimum atomic E-state index is -0.144. The molecule has 4 heteroatoms. The molecule has 2 heterocycles. The van der Waals surface area contributed by atoms with Gasteiger partial charge in [0.25, 0.3) is 5.91 Å². The molecule has 0 aliphatic heterocycles. The first-order valence-electron chi connectivity index (χ1n) is 10.1. The van der Waals surface area contributed by atoms with Crippen molar-refractivity contribution in [2.75, 3.05) is 5.32 Å². The maximum atomic E-state index is 12.8. The number of pyridine rings is 2. The van der Waals surface area contributed by atoms with Crippen molar-refractivity contribution in [2.45, 2.75) is 0 Å². The van der Waals surface area contributed by atoms with E-state index in [0.29, 0.717) is 5.56 Å². The lowest BCUT2D eigenvalue weighted by atomic mass is 9.89. The summed E-state index contributed by atoms with van der Waals surface area (Å²) in [5.41, 5.74) is 3.70. The van der Waals surface area contributed by atoms with E-state index < -0.39 is 0 Å². The highest BCUT2D eigenvalue weighted by Crippen LogP contribution is 2.41. The van der Waals surface area contributed by atoms with Crippen LogP contribution in [0, 0.1) is 0 Å². The van der Waals surface area contributed by atoms with E-state index in [9.17, 15) is 4.79 Å². The molecule has 0 radical (unpaired) electrons. The first-order chi connectivity index (χ1) is 15.3. The summed E-state index contributed by atoms with van der Waals surface area (Å²) in [5.74, 6) is -0.144. The van der Waals surface area contributed by atoms with Gasteiger partial charge in [-0.1, -0.05) is 42.5 Å². The number of hydrogen-bond acceptors (Lipinski definition) is 3. The van der Waals surface area contributed by atoms with Gasteiger partial charge in [0.2, 0.25) is 0 Å². The predicted octanol–water partition coefficient (Wildman–Crippen LogP) is 6.29. The van der Waals surface area contributed by atoms with Crippen molar-refractivity contribution in [3.63, 3.8) is 0 Å². The van der Waals surface area contributed by atoms with E-state index >= 15 is 0 Å². The van der Waals surface area contributed by atoms with Crippen LogP contribution in [0.4, 0.5) is 5.69 Å². The Morgan fingerprint density at radius 3 is 1.94 bits per heavy atom. The maximum absolute atomic E-state index is 12.8.